The lowest BCUT2D eigenvalue weighted by Crippen LogP contribution is -2.17. The zero-order chi connectivity index (χ0) is 18.1. The van der Waals surface area contributed by atoms with E-state index in [0.717, 1.165) is 27.4 Å². The molecular formula is C19H18N4OS. The van der Waals surface area contributed by atoms with Crippen LogP contribution in [0.25, 0.3) is 5.69 Å². The number of nitriles is 1. The molecule has 25 heavy (non-hydrogen) atoms. The quantitative estimate of drug-likeness (QED) is 0.723. The van der Waals surface area contributed by atoms with Gasteiger partial charge in [0.25, 0.3) is 5.56 Å². The Morgan fingerprint density at radius 2 is 1.88 bits per heavy atom. The summed E-state index contributed by atoms with van der Waals surface area (Å²) in [4.78, 5) is 18.2. The summed E-state index contributed by atoms with van der Waals surface area (Å²) in [6.45, 7) is 7.72. The molecule has 0 amide bonds. The van der Waals surface area contributed by atoms with Crippen molar-refractivity contribution in [1.82, 2.24) is 9.78 Å². The summed E-state index contributed by atoms with van der Waals surface area (Å²) in [7, 11) is 0. The van der Waals surface area contributed by atoms with Crippen molar-refractivity contribution in [1.29, 1.82) is 5.26 Å². The first-order chi connectivity index (χ1) is 11.9. The predicted molar refractivity (Wildman–Crippen MR) is 102 cm³/mol. The van der Waals surface area contributed by atoms with Gasteiger partial charge in [0.2, 0.25) is 0 Å². The predicted octanol–water partition coefficient (Wildman–Crippen LogP) is 4.08. The van der Waals surface area contributed by atoms with E-state index in [1.807, 2.05) is 52.0 Å². The highest BCUT2D eigenvalue weighted by Gasteiger charge is 2.13. The molecule has 1 aromatic carbocycles. The Bertz CT molecular complexity index is 1060. The largest absolute Gasteiger partial charge is 0.295 e. The molecule has 3 aromatic rings. The maximum absolute atomic E-state index is 12.7. The number of H-pyrrole nitrogens is 1. The van der Waals surface area contributed by atoms with Gasteiger partial charge in [0.1, 0.15) is 11.1 Å². The average Bonchev–Trinajstić information content (AvgIpc) is 3.02. The Hall–Kier alpha value is -2.91. The summed E-state index contributed by atoms with van der Waals surface area (Å²) < 4.78 is 1.51. The Morgan fingerprint density at radius 1 is 1.20 bits per heavy atom. The molecule has 0 fully saturated rings. The van der Waals surface area contributed by atoms with Crippen molar-refractivity contribution in [3.63, 3.8) is 0 Å². The van der Waals surface area contributed by atoms with Crippen LogP contribution in [0.5, 0.6) is 0 Å². The molecule has 0 atom stereocenters. The fraction of sp³-hybridized carbons (Fsp3) is 0.211. The molecule has 6 heteroatoms. The van der Waals surface area contributed by atoms with Crippen molar-refractivity contribution >= 4 is 22.6 Å². The molecule has 3 rings (SSSR count). The topological polar surface area (TPSA) is 73.9 Å². The molecular weight excluding hydrogens is 332 g/mol. The first kappa shape index (κ1) is 16.9. The first-order valence-corrected chi connectivity index (χ1v) is 8.67. The molecule has 0 spiro atoms. The second-order valence-corrected chi connectivity index (χ2v) is 7.16. The van der Waals surface area contributed by atoms with Crippen molar-refractivity contribution in [3.8, 4) is 11.8 Å². The van der Waals surface area contributed by atoms with Crippen LogP contribution in [-0.4, -0.2) is 16.0 Å². The first-order valence-electron chi connectivity index (χ1n) is 7.85. The van der Waals surface area contributed by atoms with Crippen molar-refractivity contribution in [2.45, 2.75) is 27.7 Å². The van der Waals surface area contributed by atoms with Gasteiger partial charge in [-0.3, -0.25) is 9.89 Å². The number of nitrogens with zero attached hydrogens (tertiary/aromatic N) is 3. The number of benzene rings is 1. The summed E-state index contributed by atoms with van der Waals surface area (Å²) in [5.41, 5.74) is 4.50. The van der Waals surface area contributed by atoms with Crippen LogP contribution in [0.3, 0.4) is 0 Å². The third-order valence-corrected chi connectivity index (χ3v) is 5.31. The van der Waals surface area contributed by atoms with Crippen LogP contribution in [-0.2, 0) is 0 Å². The zero-order valence-electron chi connectivity index (χ0n) is 14.5. The van der Waals surface area contributed by atoms with E-state index in [0.29, 0.717) is 16.1 Å². The Labute approximate surface area is 149 Å². The number of aliphatic imine (C=N–C) groups is 1. The number of aromatic nitrogens is 2. The highest BCUT2D eigenvalue weighted by molar-refractivity contribution is 7.16. The van der Waals surface area contributed by atoms with Gasteiger partial charge in [-0.25, -0.2) is 9.67 Å². The minimum absolute atomic E-state index is 0.159. The van der Waals surface area contributed by atoms with Gasteiger partial charge in [0.05, 0.1) is 16.8 Å². The number of hydrogen-bond donors (Lipinski definition) is 1. The lowest BCUT2D eigenvalue weighted by Gasteiger charge is -2.01. The molecule has 0 aliphatic carbocycles. The van der Waals surface area contributed by atoms with Crippen molar-refractivity contribution < 1.29 is 0 Å². The minimum Gasteiger partial charge on any atom is -0.295 e. The fourth-order valence-corrected chi connectivity index (χ4v) is 3.49. The van der Waals surface area contributed by atoms with Crippen molar-refractivity contribution in [2.24, 2.45) is 4.99 Å². The third-order valence-electron chi connectivity index (χ3n) is 4.20. The van der Waals surface area contributed by atoms with Gasteiger partial charge in [-0.1, -0.05) is 17.7 Å². The summed E-state index contributed by atoms with van der Waals surface area (Å²) in [6, 6.07) is 9.91. The normalized spacial score (nSPS) is 11.2. The van der Waals surface area contributed by atoms with E-state index in [4.69, 9.17) is 0 Å². The molecule has 0 aliphatic heterocycles. The second kappa shape index (κ2) is 6.54. The lowest BCUT2D eigenvalue weighted by molar-refractivity contribution is 0.835. The van der Waals surface area contributed by atoms with Crippen LogP contribution in [0.15, 0.2) is 34.1 Å². The maximum Gasteiger partial charge on any atom is 0.280 e. The average molecular weight is 350 g/mol. The van der Waals surface area contributed by atoms with Crippen LogP contribution in [0.4, 0.5) is 5.00 Å². The number of aryl methyl sites for hydroxylation is 3. The number of rotatable bonds is 3. The monoisotopic (exact) mass is 350 g/mol. The maximum atomic E-state index is 12.7. The molecule has 2 aromatic heterocycles. The van der Waals surface area contributed by atoms with Crippen LogP contribution in [0, 0.1) is 39.0 Å². The van der Waals surface area contributed by atoms with E-state index in [1.54, 1.807) is 6.21 Å². The minimum atomic E-state index is -0.159. The van der Waals surface area contributed by atoms with E-state index in [-0.39, 0.29) is 5.56 Å². The van der Waals surface area contributed by atoms with Crippen molar-refractivity contribution in [2.75, 3.05) is 0 Å². The third kappa shape index (κ3) is 3.06. The standard InChI is InChI=1S/C19H18N4OS/c1-11-5-7-15(8-6-11)23-19(24)17(13(3)22-23)10-21-18-16(9-20)12(2)14(4)25-18/h5-8,10,22H,1-4H3/b21-10+. The summed E-state index contributed by atoms with van der Waals surface area (Å²) in [5, 5.41) is 13.0. The Morgan fingerprint density at radius 3 is 2.52 bits per heavy atom. The molecule has 5 nitrogen and oxygen atoms in total. The Balaban J connectivity index is 2.02. The Kier molecular flexibility index (Phi) is 4.43. The highest BCUT2D eigenvalue weighted by atomic mass is 32.1. The molecule has 2 heterocycles. The molecule has 0 aliphatic rings. The fourth-order valence-electron chi connectivity index (χ4n) is 2.54. The van der Waals surface area contributed by atoms with Gasteiger partial charge in [0.15, 0.2) is 0 Å². The van der Waals surface area contributed by atoms with Crippen LogP contribution >= 0.6 is 11.3 Å². The van der Waals surface area contributed by atoms with Gasteiger partial charge in [-0.2, -0.15) is 5.26 Å². The smallest absolute Gasteiger partial charge is 0.280 e. The molecule has 126 valence electrons. The molecule has 0 radical (unpaired) electrons. The second-order valence-electron chi connectivity index (χ2n) is 5.96. The van der Waals surface area contributed by atoms with E-state index in [9.17, 15) is 10.1 Å². The highest BCUT2D eigenvalue weighted by Crippen LogP contribution is 2.33. The van der Waals surface area contributed by atoms with E-state index < -0.39 is 0 Å². The van der Waals surface area contributed by atoms with E-state index in [2.05, 4.69) is 16.2 Å². The molecule has 0 bridgehead atoms. The number of aromatic amines is 1. The van der Waals surface area contributed by atoms with Crippen LogP contribution in [0.1, 0.15) is 32.8 Å². The zero-order valence-corrected chi connectivity index (χ0v) is 15.4. The van der Waals surface area contributed by atoms with Gasteiger partial charge < -0.3 is 0 Å². The van der Waals surface area contributed by atoms with Crippen molar-refractivity contribution in [3.05, 3.63) is 67.4 Å². The van der Waals surface area contributed by atoms with Gasteiger partial charge in [-0.05, 0) is 45.4 Å². The van der Waals surface area contributed by atoms with Gasteiger partial charge in [-0.15, -0.1) is 11.3 Å². The lowest BCUT2D eigenvalue weighted by atomic mass is 10.2. The summed E-state index contributed by atoms with van der Waals surface area (Å²) in [6.07, 6.45) is 1.55. The SMILES string of the molecule is Cc1ccc(-n2[nH]c(C)c(/C=N/c3sc(C)c(C)c3C#N)c2=O)cc1. The van der Waals surface area contributed by atoms with Crippen LogP contribution in [0.2, 0.25) is 0 Å². The molecule has 0 saturated carbocycles. The number of nitrogens with one attached hydrogen (secondary N) is 1. The summed E-state index contributed by atoms with van der Waals surface area (Å²) in [5.74, 6) is 0. The van der Waals surface area contributed by atoms with Gasteiger partial charge >= 0.3 is 0 Å². The molecule has 0 saturated heterocycles. The van der Waals surface area contributed by atoms with Gasteiger partial charge in [0, 0.05) is 16.8 Å². The van der Waals surface area contributed by atoms with E-state index in [1.165, 1.54) is 16.0 Å². The van der Waals surface area contributed by atoms with E-state index >= 15 is 0 Å². The molecule has 0 unspecified atom stereocenters. The summed E-state index contributed by atoms with van der Waals surface area (Å²) >= 11 is 1.46. The molecule has 1 N–H and O–H groups in total. The van der Waals surface area contributed by atoms with Crippen LogP contribution < -0.4 is 5.56 Å². The number of thiophene rings is 1. The number of hydrogen-bond acceptors (Lipinski definition) is 4.